The number of ether oxygens (including phenoxy) is 1. The van der Waals surface area contributed by atoms with Gasteiger partial charge in [-0.2, -0.15) is 28.1 Å². The number of hydrogen-bond donors (Lipinski definition) is 2. The molecule has 2 N–H and O–H groups in total. The second-order valence-electron chi connectivity index (χ2n) is 9.10. The molecule has 8 nitrogen and oxygen atoms in total. The van der Waals surface area contributed by atoms with Crippen LogP contribution in [0.1, 0.15) is 35.7 Å². The molecule has 1 fully saturated rings. The van der Waals surface area contributed by atoms with Gasteiger partial charge in [-0.1, -0.05) is 12.1 Å². The molecule has 214 valence electrons. The van der Waals surface area contributed by atoms with E-state index >= 15 is 0 Å². The van der Waals surface area contributed by atoms with E-state index in [1.54, 1.807) is 0 Å². The second kappa shape index (κ2) is 11.5. The van der Waals surface area contributed by atoms with Gasteiger partial charge in [-0.05, 0) is 43.2 Å². The van der Waals surface area contributed by atoms with Gasteiger partial charge in [-0.25, -0.2) is 17.6 Å². The van der Waals surface area contributed by atoms with Gasteiger partial charge in [0.05, 0.1) is 0 Å². The van der Waals surface area contributed by atoms with E-state index in [-0.39, 0.29) is 47.8 Å². The van der Waals surface area contributed by atoms with E-state index < -0.39 is 42.3 Å². The molecule has 0 bridgehead atoms. The minimum atomic E-state index is -4.67. The second-order valence-corrected chi connectivity index (χ2v) is 9.10. The first-order valence-electron chi connectivity index (χ1n) is 12.0. The zero-order valence-electron chi connectivity index (χ0n) is 20.9. The minimum Gasteiger partial charge on any atom is -0.454 e. The topological polar surface area (TPSA) is 92.3 Å². The number of aromatic nitrogens is 3. The number of amides is 1. The Labute approximate surface area is 223 Å². The smallest absolute Gasteiger partial charge is 0.422 e. The highest BCUT2D eigenvalue weighted by molar-refractivity contribution is 5.94. The van der Waals surface area contributed by atoms with Crippen LogP contribution in [0.5, 0.6) is 6.01 Å². The van der Waals surface area contributed by atoms with Crippen molar-refractivity contribution in [2.75, 3.05) is 30.3 Å². The lowest BCUT2D eigenvalue weighted by Crippen LogP contribution is -2.42. The fraction of sp³-hybridized carbons (Fsp3) is 0.360. The van der Waals surface area contributed by atoms with E-state index in [2.05, 4.69) is 30.3 Å². The van der Waals surface area contributed by atoms with Crippen LogP contribution in [0.3, 0.4) is 0 Å². The van der Waals surface area contributed by atoms with Crippen LogP contribution in [0.25, 0.3) is 0 Å². The van der Waals surface area contributed by atoms with E-state index in [1.165, 1.54) is 29.2 Å². The van der Waals surface area contributed by atoms with Gasteiger partial charge in [0, 0.05) is 42.9 Å². The molecule has 0 spiro atoms. The molecule has 1 aliphatic heterocycles. The van der Waals surface area contributed by atoms with Gasteiger partial charge in [0.2, 0.25) is 11.9 Å². The number of piperidine rings is 1. The standard InChI is InChI=1S/C25H23F7N6O2/c1-24(28,29)15-3-2-4-17(12-15)34-22-35-21(36-23(37-22)40-13-25(30,31)32)33-16-7-9-38(10-8-16)20(39)14-5-6-18(26)19(27)11-14/h2-6,11-12,16H,7-10,13H2,1H3,(H2,33,34,35,36,37). The predicted octanol–water partition coefficient (Wildman–Crippen LogP) is 5.66. The molecule has 4 rings (SSSR count). The Morgan fingerprint density at radius 2 is 1.68 bits per heavy atom. The van der Waals surface area contributed by atoms with Crippen molar-refractivity contribution >= 4 is 23.5 Å². The number of nitrogens with one attached hydrogen (secondary N) is 2. The van der Waals surface area contributed by atoms with Gasteiger partial charge in [-0.15, -0.1) is 0 Å². The van der Waals surface area contributed by atoms with Crippen molar-refractivity contribution in [1.29, 1.82) is 0 Å². The number of nitrogens with zero attached hydrogens (tertiary/aromatic N) is 4. The number of benzene rings is 2. The van der Waals surface area contributed by atoms with Gasteiger partial charge in [0.1, 0.15) is 0 Å². The zero-order valence-corrected chi connectivity index (χ0v) is 20.9. The molecule has 0 radical (unpaired) electrons. The lowest BCUT2D eigenvalue weighted by atomic mass is 10.0. The third-order valence-electron chi connectivity index (χ3n) is 5.89. The molecule has 2 aromatic carbocycles. The molecular formula is C25H23F7N6O2. The lowest BCUT2D eigenvalue weighted by Gasteiger charge is -2.32. The molecule has 1 aromatic heterocycles. The first-order valence-corrected chi connectivity index (χ1v) is 12.0. The Morgan fingerprint density at radius 3 is 2.33 bits per heavy atom. The quantitative estimate of drug-likeness (QED) is 0.337. The maximum absolute atomic E-state index is 13.7. The molecule has 15 heteroatoms. The first kappa shape index (κ1) is 28.8. The SMILES string of the molecule is CC(F)(F)c1cccc(Nc2nc(NC3CCN(C(=O)c4ccc(F)c(F)c4)CC3)nc(OCC(F)(F)F)n2)c1. The highest BCUT2D eigenvalue weighted by atomic mass is 19.4. The van der Waals surface area contributed by atoms with Crippen LogP contribution in [0.15, 0.2) is 42.5 Å². The molecule has 0 aliphatic carbocycles. The fourth-order valence-corrected chi connectivity index (χ4v) is 3.91. The highest BCUT2D eigenvalue weighted by Crippen LogP contribution is 2.30. The summed E-state index contributed by atoms with van der Waals surface area (Å²) in [5, 5.41) is 5.64. The van der Waals surface area contributed by atoms with Crippen molar-refractivity contribution in [3.05, 3.63) is 65.2 Å². The third-order valence-corrected chi connectivity index (χ3v) is 5.89. The van der Waals surface area contributed by atoms with E-state index in [9.17, 15) is 35.5 Å². The number of hydrogen-bond acceptors (Lipinski definition) is 7. The number of rotatable bonds is 8. The molecule has 0 unspecified atom stereocenters. The highest BCUT2D eigenvalue weighted by Gasteiger charge is 2.30. The summed E-state index contributed by atoms with van der Waals surface area (Å²) in [4.78, 5) is 25.9. The third kappa shape index (κ3) is 7.70. The average molecular weight is 572 g/mol. The van der Waals surface area contributed by atoms with Gasteiger partial charge in [0.15, 0.2) is 18.2 Å². The Hall–Kier alpha value is -4.17. The summed E-state index contributed by atoms with van der Waals surface area (Å²) >= 11 is 0. The van der Waals surface area contributed by atoms with Crippen LogP contribution in [-0.4, -0.2) is 57.7 Å². The average Bonchev–Trinajstić information content (AvgIpc) is 2.88. The molecule has 3 aromatic rings. The Balaban J connectivity index is 1.47. The maximum Gasteiger partial charge on any atom is 0.422 e. The number of alkyl halides is 5. The predicted molar refractivity (Wildman–Crippen MR) is 130 cm³/mol. The summed E-state index contributed by atoms with van der Waals surface area (Å²) in [6.45, 7) is -0.475. The summed E-state index contributed by atoms with van der Waals surface area (Å²) in [6.07, 6.45) is -3.92. The summed E-state index contributed by atoms with van der Waals surface area (Å²) in [5.41, 5.74) is -0.153. The van der Waals surface area contributed by atoms with Crippen molar-refractivity contribution in [1.82, 2.24) is 19.9 Å². The molecule has 1 aliphatic rings. The number of anilines is 3. The molecule has 1 amide bonds. The summed E-state index contributed by atoms with van der Waals surface area (Å²) in [5.74, 6) is -6.22. The van der Waals surface area contributed by atoms with Crippen molar-refractivity contribution in [2.24, 2.45) is 0 Å². The largest absolute Gasteiger partial charge is 0.454 e. The van der Waals surface area contributed by atoms with Crippen LogP contribution < -0.4 is 15.4 Å². The first-order chi connectivity index (χ1) is 18.8. The molecule has 2 heterocycles. The van der Waals surface area contributed by atoms with Crippen LogP contribution in [-0.2, 0) is 5.92 Å². The summed E-state index contributed by atoms with van der Waals surface area (Å²) < 4.78 is 97.0. The van der Waals surface area contributed by atoms with Crippen LogP contribution >= 0.6 is 0 Å². The molecule has 0 atom stereocenters. The van der Waals surface area contributed by atoms with E-state index in [0.29, 0.717) is 12.8 Å². The van der Waals surface area contributed by atoms with Crippen LogP contribution in [0, 0.1) is 11.6 Å². The maximum atomic E-state index is 13.7. The van der Waals surface area contributed by atoms with E-state index in [0.717, 1.165) is 25.1 Å². The van der Waals surface area contributed by atoms with Crippen molar-refractivity contribution < 1.29 is 40.3 Å². The Morgan fingerprint density at radius 1 is 0.975 bits per heavy atom. The van der Waals surface area contributed by atoms with Crippen molar-refractivity contribution in [3.63, 3.8) is 0 Å². The van der Waals surface area contributed by atoms with Gasteiger partial charge in [-0.3, -0.25) is 4.79 Å². The van der Waals surface area contributed by atoms with E-state index in [4.69, 9.17) is 0 Å². The molecular weight excluding hydrogens is 549 g/mol. The van der Waals surface area contributed by atoms with E-state index in [1.807, 2.05) is 0 Å². The summed E-state index contributed by atoms with van der Waals surface area (Å²) in [7, 11) is 0. The van der Waals surface area contributed by atoms with Gasteiger partial charge >= 0.3 is 12.2 Å². The van der Waals surface area contributed by atoms with Crippen LogP contribution in [0.2, 0.25) is 0 Å². The Kier molecular flexibility index (Phi) is 8.30. The molecule has 1 saturated heterocycles. The van der Waals surface area contributed by atoms with Gasteiger partial charge < -0.3 is 20.3 Å². The zero-order chi connectivity index (χ0) is 29.1. The minimum absolute atomic E-state index is 0.00477. The van der Waals surface area contributed by atoms with Crippen molar-refractivity contribution in [2.45, 2.75) is 37.9 Å². The molecule has 0 saturated carbocycles. The van der Waals surface area contributed by atoms with Gasteiger partial charge in [0.25, 0.3) is 11.8 Å². The molecule has 40 heavy (non-hydrogen) atoms. The number of carbonyl (C=O) groups is 1. The van der Waals surface area contributed by atoms with Crippen LogP contribution in [0.4, 0.5) is 48.3 Å². The van der Waals surface area contributed by atoms with Crippen molar-refractivity contribution in [3.8, 4) is 6.01 Å². The fourth-order valence-electron chi connectivity index (χ4n) is 3.91. The monoisotopic (exact) mass is 572 g/mol. The Bertz CT molecular complexity index is 1360. The summed E-state index contributed by atoms with van der Waals surface area (Å²) in [6, 6.07) is 7.08. The lowest BCUT2D eigenvalue weighted by molar-refractivity contribution is -0.154. The number of carbonyl (C=O) groups excluding carboxylic acids is 1. The normalized spacial score (nSPS) is 14.7. The number of halogens is 7. The number of likely N-dealkylation sites (tertiary alicyclic amines) is 1.